The van der Waals surface area contributed by atoms with Crippen LogP contribution in [0, 0.1) is 13.8 Å². The lowest BCUT2D eigenvalue weighted by molar-refractivity contribution is -0.696. The second-order valence-electron chi connectivity index (χ2n) is 9.66. The van der Waals surface area contributed by atoms with Gasteiger partial charge in [-0.3, -0.25) is 0 Å². The number of allylic oxidation sites excluding steroid dienone is 2. The molecule has 0 bridgehead atoms. The molecule has 0 saturated heterocycles. The Morgan fingerprint density at radius 2 is 1.19 bits per heavy atom. The zero-order chi connectivity index (χ0) is 22.3. The Morgan fingerprint density at radius 3 is 1.75 bits per heavy atom. The van der Waals surface area contributed by atoms with Gasteiger partial charge in [0.15, 0.2) is 11.4 Å². The van der Waals surface area contributed by atoms with E-state index in [1.807, 2.05) is 0 Å². The molecule has 1 aromatic rings. The van der Waals surface area contributed by atoms with Gasteiger partial charge in [0.05, 0.1) is 0 Å². The number of unbranched alkanes of at least 4 members (excludes halogenated alkanes) is 12. The van der Waals surface area contributed by atoms with Crippen LogP contribution in [0.3, 0.4) is 0 Å². The first-order chi connectivity index (χ1) is 15.2. The van der Waals surface area contributed by atoms with Gasteiger partial charge >= 0.3 is 0 Å². The molecule has 0 saturated carbocycles. The maximum absolute atomic E-state index is 2.60. The van der Waals surface area contributed by atoms with Crippen molar-refractivity contribution in [3.8, 4) is 0 Å². The molecule has 0 spiro atoms. The van der Waals surface area contributed by atoms with Crippen LogP contribution < -0.4 is 17.0 Å². The van der Waals surface area contributed by atoms with Crippen LogP contribution in [0.5, 0.6) is 0 Å². The van der Waals surface area contributed by atoms with Crippen molar-refractivity contribution in [3.63, 3.8) is 0 Å². The number of halogens is 1. The molecule has 1 nitrogen and oxygen atoms in total. The largest absolute Gasteiger partial charge is 1.00 e. The van der Waals surface area contributed by atoms with Gasteiger partial charge in [-0.1, -0.05) is 102 Å². The normalized spacial score (nSPS) is 13.2. The van der Waals surface area contributed by atoms with Crippen LogP contribution in [0.25, 0.3) is 12.2 Å². The third-order valence-corrected chi connectivity index (χ3v) is 7.05. The molecule has 2 heteroatoms. The topological polar surface area (TPSA) is 3.88 Å². The van der Waals surface area contributed by atoms with Crippen LogP contribution in [-0.2, 0) is 13.0 Å². The molecule has 0 aromatic carbocycles. The van der Waals surface area contributed by atoms with E-state index in [-0.39, 0.29) is 12.4 Å². The van der Waals surface area contributed by atoms with E-state index in [2.05, 4.69) is 56.6 Å². The minimum absolute atomic E-state index is 0. The van der Waals surface area contributed by atoms with Crippen molar-refractivity contribution >= 4 is 12.2 Å². The molecule has 182 valence electrons. The molecule has 0 atom stereocenters. The quantitative estimate of drug-likeness (QED) is 0.208. The van der Waals surface area contributed by atoms with Gasteiger partial charge in [0.2, 0.25) is 0 Å². The number of aromatic nitrogens is 1. The fourth-order valence-corrected chi connectivity index (χ4v) is 5.06. The monoisotopic (exact) mass is 459 g/mol. The first-order valence-electron chi connectivity index (χ1n) is 13.6. The fourth-order valence-electron chi connectivity index (χ4n) is 5.06. The van der Waals surface area contributed by atoms with E-state index in [0.717, 1.165) is 0 Å². The van der Waals surface area contributed by atoms with Gasteiger partial charge in [0.1, 0.15) is 6.54 Å². The van der Waals surface area contributed by atoms with Gasteiger partial charge in [-0.25, -0.2) is 0 Å². The van der Waals surface area contributed by atoms with Gasteiger partial charge in [0, 0.05) is 30.9 Å². The van der Waals surface area contributed by atoms with E-state index in [0.29, 0.717) is 0 Å². The number of hydrogen-bond donors (Lipinski definition) is 0. The van der Waals surface area contributed by atoms with E-state index < -0.39 is 0 Å². The lowest BCUT2D eigenvalue weighted by Crippen LogP contribution is -3.00. The number of rotatable bonds is 16. The Kier molecular flexibility index (Phi) is 15.7. The number of fused-ring (bicyclic) bond motifs is 1. The van der Waals surface area contributed by atoms with Crippen molar-refractivity contribution in [1.82, 2.24) is 0 Å². The van der Waals surface area contributed by atoms with Gasteiger partial charge in [0.25, 0.3) is 0 Å². The van der Waals surface area contributed by atoms with Crippen LogP contribution in [0.2, 0.25) is 0 Å². The molecule has 0 N–H and O–H groups in total. The van der Waals surface area contributed by atoms with Crippen molar-refractivity contribution < 1.29 is 17.0 Å². The van der Waals surface area contributed by atoms with E-state index in [1.165, 1.54) is 132 Å². The van der Waals surface area contributed by atoms with E-state index in [4.69, 9.17) is 0 Å². The van der Waals surface area contributed by atoms with Crippen LogP contribution >= 0.6 is 0 Å². The summed E-state index contributed by atoms with van der Waals surface area (Å²) in [6, 6.07) is 0. The highest BCUT2D eigenvalue weighted by molar-refractivity contribution is 5.64. The van der Waals surface area contributed by atoms with Crippen LogP contribution in [0.15, 0.2) is 12.2 Å². The lowest BCUT2D eigenvalue weighted by atomic mass is 9.97. The standard InChI is InChI=1S/C30H50N.ClH/c1-5-7-9-11-13-15-17-19-22-28-26(3)29(30-24-21-25-31(30)27(28)4)23-20-18-16-14-12-10-8-6-2;/h19-20,22-23H,5-18,21,24-25H2,1-4H3;1H/q+1;/p-1/b22-19-,23-20+;. The van der Waals surface area contributed by atoms with Crippen molar-refractivity contribution in [2.24, 2.45) is 0 Å². The molecule has 0 amide bonds. The number of nitrogens with zero attached hydrogens (tertiary/aromatic N) is 1. The molecule has 0 unspecified atom stereocenters. The summed E-state index contributed by atoms with van der Waals surface area (Å²) in [6.07, 6.45) is 31.3. The summed E-state index contributed by atoms with van der Waals surface area (Å²) >= 11 is 0. The highest BCUT2D eigenvalue weighted by atomic mass is 35.5. The highest BCUT2D eigenvalue weighted by Crippen LogP contribution is 2.26. The Bertz CT molecular complexity index is 702. The summed E-state index contributed by atoms with van der Waals surface area (Å²) in [6.45, 7) is 10.5. The minimum atomic E-state index is 0. The second kappa shape index (κ2) is 17.4. The Morgan fingerprint density at radius 1 is 0.688 bits per heavy atom. The van der Waals surface area contributed by atoms with E-state index >= 15 is 0 Å². The molecule has 2 heterocycles. The molecule has 0 aliphatic carbocycles. The van der Waals surface area contributed by atoms with Crippen LogP contribution in [0.4, 0.5) is 0 Å². The lowest BCUT2D eigenvalue weighted by Gasteiger charge is -2.11. The third-order valence-electron chi connectivity index (χ3n) is 7.05. The van der Waals surface area contributed by atoms with E-state index in [9.17, 15) is 0 Å². The number of pyridine rings is 1. The molecule has 1 aromatic heterocycles. The van der Waals surface area contributed by atoms with Gasteiger partial charge < -0.3 is 12.4 Å². The number of hydrogen-bond acceptors (Lipinski definition) is 0. The SMILES string of the molecule is CCCCCCCC/C=C\c1c(C)c(/C=C/CCCCCCCC)c2[n+](c1C)CCC2.[Cl-]. The first kappa shape index (κ1) is 29.0. The second-order valence-corrected chi connectivity index (χ2v) is 9.66. The average Bonchev–Trinajstić information content (AvgIpc) is 3.26. The Labute approximate surface area is 206 Å². The van der Waals surface area contributed by atoms with Gasteiger partial charge in [-0.05, 0) is 38.2 Å². The zero-order valence-electron chi connectivity index (χ0n) is 21.7. The average molecular weight is 460 g/mol. The van der Waals surface area contributed by atoms with Crippen LogP contribution in [-0.4, -0.2) is 0 Å². The first-order valence-corrected chi connectivity index (χ1v) is 13.6. The van der Waals surface area contributed by atoms with Gasteiger partial charge in [-0.2, -0.15) is 4.57 Å². The van der Waals surface area contributed by atoms with E-state index in [1.54, 1.807) is 5.69 Å². The molecule has 32 heavy (non-hydrogen) atoms. The third kappa shape index (κ3) is 9.42. The van der Waals surface area contributed by atoms with Crippen molar-refractivity contribution in [2.75, 3.05) is 0 Å². The zero-order valence-corrected chi connectivity index (χ0v) is 22.4. The molecule has 0 radical (unpaired) electrons. The van der Waals surface area contributed by atoms with Crippen molar-refractivity contribution in [2.45, 2.75) is 137 Å². The van der Waals surface area contributed by atoms with Crippen LogP contribution in [0.1, 0.15) is 138 Å². The summed E-state index contributed by atoms with van der Waals surface area (Å²) in [5.41, 5.74) is 7.51. The predicted molar refractivity (Wildman–Crippen MR) is 138 cm³/mol. The fraction of sp³-hybridized carbons (Fsp3) is 0.700. The molecule has 0 fully saturated rings. The molecular weight excluding hydrogens is 410 g/mol. The highest BCUT2D eigenvalue weighted by Gasteiger charge is 2.28. The molecule has 1 aliphatic heterocycles. The summed E-state index contributed by atoms with van der Waals surface area (Å²) < 4.78 is 2.60. The molecule has 2 rings (SSSR count). The summed E-state index contributed by atoms with van der Waals surface area (Å²) in [5.74, 6) is 0. The molecule has 1 aliphatic rings. The van der Waals surface area contributed by atoms with Crippen molar-refractivity contribution in [1.29, 1.82) is 0 Å². The van der Waals surface area contributed by atoms with Gasteiger partial charge in [-0.15, -0.1) is 0 Å². The minimum Gasteiger partial charge on any atom is -1.00 e. The maximum Gasteiger partial charge on any atom is 0.189 e. The summed E-state index contributed by atoms with van der Waals surface area (Å²) in [5, 5.41) is 0. The predicted octanol–water partition coefficient (Wildman–Crippen LogP) is 6.07. The van der Waals surface area contributed by atoms with Crippen molar-refractivity contribution in [3.05, 3.63) is 40.2 Å². The Hall–Kier alpha value is -1.08. The summed E-state index contributed by atoms with van der Waals surface area (Å²) in [7, 11) is 0. The Balaban J connectivity index is 0.00000512. The maximum atomic E-state index is 2.60. The molecular formula is C30H50ClN. The summed E-state index contributed by atoms with van der Waals surface area (Å²) in [4.78, 5) is 0. The smallest absolute Gasteiger partial charge is 0.189 e.